The highest BCUT2D eigenvalue weighted by Gasteiger charge is 2.15. The van der Waals surface area contributed by atoms with Gasteiger partial charge in [0.25, 0.3) is 5.56 Å². The molecule has 1 heterocycles. The van der Waals surface area contributed by atoms with Crippen molar-refractivity contribution >= 4 is 0 Å². The molecular formula is C13H13FN2O4. The van der Waals surface area contributed by atoms with Crippen LogP contribution in [-0.4, -0.2) is 21.8 Å². The highest BCUT2D eigenvalue weighted by molar-refractivity contribution is 5.42. The Balaban J connectivity index is 2.73. The van der Waals surface area contributed by atoms with Crippen molar-refractivity contribution in [2.75, 3.05) is 7.11 Å². The van der Waals surface area contributed by atoms with Gasteiger partial charge in [0.1, 0.15) is 0 Å². The van der Waals surface area contributed by atoms with Crippen molar-refractivity contribution in [3.05, 3.63) is 50.4 Å². The Bertz CT molecular complexity index is 764. The number of nitrogens with zero attached hydrogens (tertiary/aromatic N) is 1. The Labute approximate surface area is 113 Å². The summed E-state index contributed by atoms with van der Waals surface area (Å²) in [5, 5.41) is 10.0. The molecule has 0 unspecified atom stereocenters. The van der Waals surface area contributed by atoms with E-state index < -0.39 is 22.9 Å². The van der Waals surface area contributed by atoms with Gasteiger partial charge in [-0.2, -0.15) is 0 Å². The molecule has 1 aromatic heterocycles. The smallest absolute Gasteiger partial charge is 0.335 e. The lowest BCUT2D eigenvalue weighted by Crippen LogP contribution is -2.31. The largest absolute Gasteiger partial charge is 0.494 e. The quantitative estimate of drug-likeness (QED) is 0.876. The SMILES string of the molecule is CCc1c(O)n(-c2ccc(OC)c(F)c2)c(=O)[nH]c1=O. The summed E-state index contributed by atoms with van der Waals surface area (Å²) >= 11 is 0. The number of rotatable bonds is 3. The Morgan fingerprint density at radius 1 is 1.40 bits per heavy atom. The summed E-state index contributed by atoms with van der Waals surface area (Å²) in [6, 6.07) is 3.77. The van der Waals surface area contributed by atoms with Crippen molar-refractivity contribution in [2.24, 2.45) is 0 Å². The maximum atomic E-state index is 13.7. The van der Waals surface area contributed by atoms with Crippen LogP contribution in [0.1, 0.15) is 12.5 Å². The van der Waals surface area contributed by atoms with Crippen LogP contribution in [-0.2, 0) is 6.42 Å². The minimum absolute atomic E-state index is 0.0152. The number of hydrogen-bond donors (Lipinski definition) is 2. The predicted octanol–water partition coefficient (Wildman–Crippen LogP) is 0.942. The fourth-order valence-corrected chi connectivity index (χ4v) is 1.91. The second kappa shape index (κ2) is 5.20. The van der Waals surface area contributed by atoms with Crippen LogP contribution < -0.4 is 16.0 Å². The monoisotopic (exact) mass is 280 g/mol. The molecule has 0 fully saturated rings. The highest BCUT2D eigenvalue weighted by atomic mass is 19.1. The Kier molecular flexibility index (Phi) is 3.60. The molecule has 0 radical (unpaired) electrons. The van der Waals surface area contributed by atoms with E-state index in [-0.39, 0.29) is 23.4 Å². The molecule has 0 aliphatic heterocycles. The normalized spacial score (nSPS) is 10.6. The Morgan fingerprint density at radius 2 is 2.10 bits per heavy atom. The number of benzene rings is 1. The van der Waals surface area contributed by atoms with E-state index in [0.717, 1.165) is 10.6 Å². The van der Waals surface area contributed by atoms with E-state index in [1.165, 1.54) is 19.2 Å². The molecule has 0 spiro atoms. The molecule has 0 saturated heterocycles. The highest BCUT2D eigenvalue weighted by Crippen LogP contribution is 2.22. The standard InChI is InChI=1S/C13H13FN2O4/c1-3-8-11(17)15-13(19)16(12(8)18)7-4-5-10(20-2)9(14)6-7/h4-6,18H,3H2,1-2H3,(H,15,17,19). The van der Waals surface area contributed by atoms with Crippen LogP contribution in [0.3, 0.4) is 0 Å². The van der Waals surface area contributed by atoms with Crippen molar-refractivity contribution in [3.63, 3.8) is 0 Å². The van der Waals surface area contributed by atoms with Crippen molar-refractivity contribution in [3.8, 4) is 17.3 Å². The number of H-pyrrole nitrogens is 1. The minimum Gasteiger partial charge on any atom is -0.494 e. The number of methoxy groups -OCH3 is 1. The summed E-state index contributed by atoms with van der Waals surface area (Å²) in [4.78, 5) is 25.4. The number of ether oxygens (including phenoxy) is 1. The number of aromatic amines is 1. The van der Waals surface area contributed by atoms with E-state index >= 15 is 0 Å². The fraction of sp³-hybridized carbons (Fsp3) is 0.231. The van der Waals surface area contributed by atoms with E-state index in [9.17, 15) is 19.1 Å². The number of aromatic nitrogens is 2. The summed E-state index contributed by atoms with van der Waals surface area (Å²) < 4.78 is 19.3. The Morgan fingerprint density at radius 3 is 2.65 bits per heavy atom. The zero-order valence-corrected chi connectivity index (χ0v) is 10.9. The van der Waals surface area contributed by atoms with Gasteiger partial charge in [-0.05, 0) is 18.6 Å². The van der Waals surface area contributed by atoms with Gasteiger partial charge < -0.3 is 9.84 Å². The fourth-order valence-electron chi connectivity index (χ4n) is 1.91. The van der Waals surface area contributed by atoms with Crippen molar-refractivity contribution < 1.29 is 14.2 Å². The number of nitrogens with one attached hydrogen (secondary N) is 1. The Hall–Kier alpha value is -2.57. The van der Waals surface area contributed by atoms with Crippen LogP contribution in [0.4, 0.5) is 4.39 Å². The molecule has 0 amide bonds. The molecule has 2 rings (SSSR count). The molecule has 6 nitrogen and oxygen atoms in total. The predicted molar refractivity (Wildman–Crippen MR) is 70.2 cm³/mol. The molecule has 2 aromatic rings. The van der Waals surface area contributed by atoms with Crippen LogP contribution in [0.2, 0.25) is 0 Å². The average Bonchev–Trinajstić information content (AvgIpc) is 2.39. The van der Waals surface area contributed by atoms with Crippen LogP contribution in [0.5, 0.6) is 11.6 Å². The second-order valence-electron chi connectivity index (χ2n) is 4.07. The minimum atomic E-state index is -0.839. The van der Waals surface area contributed by atoms with Gasteiger partial charge in [0.15, 0.2) is 11.6 Å². The lowest BCUT2D eigenvalue weighted by atomic mass is 10.2. The van der Waals surface area contributed by atoms with Gasteiger partial charge in [-0.15, -0.1) is 0 Å². The maximum Gasteiger partial charge on any atom is 0.335 e. The van der Waals surface area contributed by atoms with Crippen molar-refractivity contribution in [2.45, 2.75) is 13.3 Å². The second-order valence-corrected chi connectivity index (χ2v) is 4.07. The summed E-state index contributed by atoms with van der Waals surface area (Å²) in [6.07, 6.45) is 0.236. The number of hydrogen-bond acceptors (Lipinski definition) is 4. The molecule has 20 heavy (non-hydrogen) atoms. The lowest BCUT2D eigenvalue weighted by molar-refractivity contribution is 0.385. The molecule has 0 aliphatic carbocycles. The van der Waals surface area contributed by atoms with E-state index in [4.69, 9.17) is 4.74 Å². The van der Waals surface area contributed by atoms with Crippen LogP contribution >= 0.6 is 0 Å². The van der Waals surface area contributed by atoms with E-state index in [2.05, 4.69) is 4.98 Å². The number of halogens is 1. The first-order chi connectivity index (χ1) is 9.49. The third-order valence-electron chi connectivity index (χ3n) is 2.93. The van der Waals surface area contributed by atoms with Gasteiger partial charge in [0.05, 0.1) is 18.4 Å². The van der Waals surface area contributed by atoms with E-state index in [1.807, 2.05) is 0 Å². The third-order valence-corrected chi connectivity index (χ3v) is 2.93. The van der Waals surface area contributed by atoms with Crippen molar-refractivity contribution in [1.29, 1.82) is 0 Å². The third kappa shape index (κ3) is 2.18. The van der Waals surface area contributed by atoms with Gasteiger partial charge in [0.2, 0.25) is 5.88 Å². The average molecular weight is 280 g/mol. The first-order valence-corrected chi connectivity index (χ1v) is 5.90. The molecule has 0 saturated carbocycles. The molecular weight excluding hydrogens is 267 g/mol. The van der Waals surface area contributed by atoms with E-state index in [0.29, 0.717) is 0 Å². The van der Waals surface area contributed by atoms with Crippen LogP contribution in [0.15, 0.2) is 27.8 Å². The summed E-state index contributed by atoms with van der Waals surface area (Å²) in [5.74, 6) is -1.16. The van der Waals surface area contributed by atoms with Crippen molar-refractivity contribution in [1.82, 2.24) is 9.55 Å². The molecule has 0 bridgehead atoms. The van der Waals surface area contributed by atoms with Gasteiger partial charge >= 0.3 is 5.69 Å². The molecule has 2 N–H and O–H groups in total. The van der Waals surface area contributed by atoms with Gasteiger partial charge in [-0.3, -0.25) is 9.78 Å². The first-order valence-electron chi connectivity index (χ1n) is 5.90. The lowest BCUT2D eigenvalue weighted by Gasteiger charge is -2.11. The van der Waals surface area contributed by atoms with Crippen LogP contribution in [0, 0.1) is 5.82 Å². The number of aromatic hydroxyl groups is 1. The zero-order valence-electron chi connectivity index (χ0n) is 10.9. The maximum absolute atomic E-state index is 13.7. The summed E-state index contributed by atoms with van der Waals surface area (Å²) in [6.45, 7) is 1.66. The first kappa shape index (κ1) is 13.9. The molecule has 106 valence electrons. The molecule has 0 atom stereocenters. The summed E-state index contributed by atoms with van der Waals surface area (Å²) in [7, 11) is 1.32. The van der Waals surface area contributed by atoms with Crippen LogP contribution in [0.25, 0.3) is 5.69 Å². The molecule has 0 aliphatic rings. The van der Waals surface area contributed by atoms with Gasteiger partial charge in [0, 0.05) is 6.07 Å². The molecule has 7 heteroatoms. The van der Waals surface area contributed by atoms with Gasteiger partial charge in [-0.1, -0.05) is 6.92 Å². The topological polar surface area (TPSA) is 84.3 Å². The zero-order chi connectivity index (χ0) is 14.9. The summed E-state index contributed by atoms with van der Waals surface area (Å²) in [5.41, 5.74) is -1.34. The van der Waals surface area contributed by atoms with Gasteiger partial charge in [-0.25, -0.2) is 13.8 Å². The van der Waals surface area contributed by atoms with E-state index in [1.54, 1.807) is 6.92 Å². The molecule has 1 aromatic carbocycles.